The number of aliphatic hydroxyl groups excluding tert-OH is 1. The zero-order chi connectivity index (χ0) is 25.4. The van der Waals surface area contributed by atoms with Crippen molar-refractivity contribution in [3.05, 3.63) is 36.0 Å². The fourth-order valence-electron chi connectivity index (χ4n) is 3.33. The van der Waals surface area contributed by atoms with Crippen molar-refractivity contribution in [2.24, 2.45) is 11.7 Å². The van der Waals surface area contributed by atoms with Crippen molar-refractivity contribution >= 4 is 47.2 Å². The maximum absolute atomic E-state index is 13.1. The number of nitrogens with two attached hydrogens (primary N) is 1. The van der Waals surface area contributed by atoms with Gasteiger partial charge in [0.15, 0.2) is 0 Å². The Bertz CT molecular complexity index is 1030. The standard InChI is InChI=1S/C22H31N5O6S/c1-11(2)18(22(32)33)27-20(30)16(7-12-8-24-15-6-4-3-5-13(12)15)25-21(31)17(9-28)26-19(29)14(23)10-34/h3-6,8,11,14,16-18,24,28,34H,7,9-10,23H2,1-2H3,(H,25,31)(H,26,29)(H,27,30)(H,32,33). The summed E-state index contributed by atoms with van der Waals surface area (Å²) < 4.78 is 0. The molecule has 0 spiro atoms. The Morgan fingerprint density at radius 3 is 2.24 bits per heavy atom. The smallest absolute Gasteiger partial charge is 0.326 e. The van der Waals surface area contributed by atoms with Gasteiger partial charge in [-0.1, -0.05) is 32.0 Å². The highest BCUT2D eigenvalue weighted by molar-refractivity contribution is 7.80. The average Bonchev–Trinajstić information content (AvgIpc) is 3.21. The summed E-state index contributed by atoms with van der Waals surface area (Å²) in [5.41, 5.74) is 7.14. The van der Waals surface area contributed by atoms with Crippen LogP contribution in [0.15, 0.2) is 30.5 Å². The van der Waals surface area contributed by atoms with Crippen LogP contribution < -0.4 is 21.7 Å². The number of thiol groups is 1. The number of carbonyl (C=O) groups is 4. The second-order valence-corrected chi connectivity index (χ2v) is 8.59. The van der Waals surface area contributed by atoms with E-state index in [9.17, 15) is 29.4 Å². The first-order valence-corrected chi connectivity index (χ1v) is 11.4. The molecule has 1 aromatic carbocycles. The minimum absolute atomic E-state index is 0.0307. The predicted molar refractivity (Wildman–Crippen MR) is 129 cm³/mol. The Hall–Kier alpha value is -3.09. The highest BCUT2D eigenvalue weighted by Gasteiger charge is 2.31. The number of carboxylic acid groups (broad SMARTS) is 1. The van der Waals surface area contributed by atoms with Gasteiger partial charge >= 0.3 is 5.97 Å². The minimum atomic E-state index is -1.36. The number of aliphatic carboxylic acids is 1. The molecule has 4 unspecified atom stereocenters. The summed E-state index contributed by atoms with van der Waals surface area (Å²) in [4.78, 5) is 52.6. The van der Waals surface area contributed by atoms with E-state index in [4.69, 9.17) is 5.73 Å². The van der Waals surface area contributed by atoms with Crippen LogP contribution in [-0.4, -0.2) is 75.4 Å². The summed E-state index contributed by atoms with van der Waals surface area (Å²) in [5.74, 6) is -3.80. The number of hydrogen-bond donors (Lipinski definition) is 8. The number of rotatable bonds is 12. The molecule has 12 heteroatoms. The van der Waals surface area contributed by atoms with Crippen LogP contribution in [0.4, 0.5) is 0 Å². The number of hydrogen-bond acceptors (Lipinski definition) is 7. The predicted octanol–water partition coefficient (Wildman–Crippen LogP) is -0.845. The molecule has 186 valence electrons. The van der Waals surface area contributed by atoms with E-state index in [1.54, 1.807) is 20.0 Å². The van der Waals surface area contributed by atoms with Gasteiger partial charge in [-0.2, -0.15) is 12.6 Å². The van der Waals surface area contributed by atoms with E-state index < -0.39 is 60.4 Å². The number of amides is 3. The fourth-order valence-corrected chi connectivity index (χ4v) is 3.49. The molecule has 4 atom stereocenters. The zero-order valence-electron chi connectivity index (χ0n) is 18.9. The molecule has 0 bridgehead atoms. The fraction of sp³-hybridized carbons (Fsp3) is 0.455. The average molecular weight is 494 g/mol. The molecule has 34 heavy (non-hydrogen) atoms. The van der Waals surface area contributed by atoms with Crippen LogP contribution in [-0.2, 0) is 25.6 Å². The van der Waals surface area contributed by atoms with Crippen molar-refractivity contribution < 1.29 is 29.4 Å². The molecule has 0 fully saturated rings. The zero-order valence-corrected chi connectivity index (χ0v) is 19.8. The highest BCUT2D eigenvalue weighted by Crippen LogP contribution is 2.19. The maximum Gasteiger partial charge on any atom is 0.326 e. The molecule has 1 aromatic heterocycles. The molecule has 0 aliphatic heterocycles. The number of benzene rings is 1. The van der Waals surface area contributed by atoms with Crippen LogP contribution in [0.2, 0.25) is 0 Å². The van der Waals surface area contributed by atoms with Gasteiger partial charge in [0, 0.05) is 29.3 Å². The minimum Gasteiger partial charge on any atom is -0.480 e. The first-order valence-electron chi connectivity index (χ1n) is 10.7. The van der Waals surface area contributed by atoms with Gasteiger partial charge in [-0.05, 0) is 17.5 Å². The SMILES string of the molecule is CC(C)C(NC(=O)C(Cc1c[nH]c2ccccc12)NC(=O)C(CO)NC(=O)C(N)CS)C(=O)O. The molecule has 0 aliphatic carbocycles. The molecule has 2 rings (SSSR count). The Morgan fingerprint density at radius 1 is 1.03 bits per heavy atom. The van der Waals surface area contributed by atoms with Crippen LogP contribution in [0.3, 0.4) is 0 Å². The molecule has 0 saturated carbocycles. The van der Waals surface area contributed by atoms with Crippen LogP contribution >= 0.6 is 12.6 Å². The summed E-state index contributed by atoms with van der Waals surface area (Å²) in [5, 5.41) is 27.2. The first kappa shape index (κ1) is 27.2. The number of nitrogens with one attached hydrogen (secondary N) is 4. The van der Waals surface area contributed by atoms with E-state index >= 15 is 0 Å². The summed E-state index contributed by atoms with van der Waals surface area (Å²) in [6.45, 7) is 2.56. The molecule has 0 aliphatic rings. The lowest BCUT2D eigenvalue weighted by atomic mass is 10.0. The monoisotopic (exact) mass is 493 g/mol. The first-order chi connectivity index (χ1) is 16.1. The van der Waals surface area contributed by atoms with E-state index in [1.165, 1.54) is 0 Å². The second kappa shape index (κ2) is 12.4. The van der Waals surface area contributed by atoms with E-state index in [0.29, 0.717) is 5.56 Å². The molecule has 0 saturated heterocycles. The Balaban J connectivity index is 2.28. The maximum atomic E-state index is 13.1. The van der Waals surface area contributed by atoms with Crippen molar-refractivity contribution in [1.29, 1.82) is 0 Å². The third kappa shape index (κ3) is 6.95. The van der Waals surface area contributed by atoms with E-state index in [2.05, 4.69) is 33.6 Å². The van der Waals surface area contributed by atoms with Crippen molar-refractivity contribution in [3.8, 4) is 0 Å². The van der Waals surface area contributed by atoms with Crippen molar-refractivity contribution in [1.82, 2.24) is 20.9 Å². The van der Waals surface area contributed by atoms with Crippen LogP contribution in [0.25, 0.3) is 10.9 Å². The van der Waals surface area contributed by atoms with Crippen molar-refractivity contribution in [2.45, 2.75) is 44.4 Å². The summed E-state index contributed by atoms with van der Waals surface area (Å²) in [6, 6.07) is 2.67. The molecular weight excluding hydrogens is 462 g/mol. The van der Waals surface area contributed by atoms with Gasteiger partial charge in [-0.3, -0.25) is 14.4 Å². The third-order valence-electron chi connectivity index (χ3n) is 5.31. The normalized spacial score (nSPS) is 14.8. The number of aromatic amines is 1. The number of carboxylic acids is 1. The summed E-state index contributed by atoms with van der Waals surface area (Å²) in [7, 11) is 0. The van der Waals surface area contributed by atoms with E-state index in [-0.39, 0.29) is 12.2 Å². The number of para-hydroxylation sites is 1. The molecule has 11 nitrogen and oxygen atoms in total. The van der Waals surface area contributed by atoms with Crippen molar-refractivity contribution in [3.63, 3.8) is 0 Å². The van der Waals surface area contributed by atoms with Crippen molar-refractivity contribution in [2.75, 3.05) is 12.4 Å². The van der Waals surface area contributed by atoms with Gasteiger partial charge in [0.05, 0.1) is 12.6 Å². The molecular formula is C22H31N5O6S. The van der Waals surface area contributed by atoms with Gasteiger partial charge < -0.3 is 36.9 Å². The lowest BCUT2D eigenvalue weighted by Crippen LogP contribution is -2.59. The number of fused-ring (bicyclic) bond motifs is 1. The quantitative estimate of drug-likeness (QED) is 0.177. The molecule has 1 heterocycles. The second-order valence-electron chi connectivity index (χ2n) is 8.23. The van der Waals surface area contributed by atoms with E-state index in [1.807, 2.05) is 24.3 Å². The van der Waals surface area contributed by atoms with Gasteiger partial charge in [0.1, 0.15) is 18.1 Å². The topological polar surface area (TPSA) is 187 Å². The molecule has 3 amide bonds. The summed E-state index contributed by atoms with van der Waals surface area (Å²) >= 11 is 3.93. The van der Waals surface area contributed by atoms with E-state index in [0.717, 1.165) is 10.9 Å². The third-order valence-corrected chi connectivity index (χ3v) is 5.70. The Labute approximate surface area is 202 Å². The Kier molecular flexibility index (Phi) is 9.90. The number of H-pyrrole nitrogens is 1. The highest BCUT2D eigenvalue weighted by atomic mass is 32.1. The molecule has 0 radical (unpaired) electrons. The van der Waals surface area contributed by atoms with Gasteiger partial charge in [0.2, 0.25) is 17.7 Å². The van der Waals surface area contributed by atoms with Crippen LogP contribution in [0.5, 0.6) is 0 Å². The lowest BCUT2D eigenvalue weighted by Gasteiger charge is -2.25. The largest absolute Gasteiger partial charge is 0.480 e. The van der Waals surface area contributed by atoms with Gasteiger partial charge in [-0.25, -0.2) is 4.79 Å². The molecule has 2 aromatic rings. The summed E-state index contributed by atoms with van der Waals surface area (Å²) in [6.07, 6.45) is 1.74. The lowest BCUT2D eigenvalue weighted by molar-refractivity contribution is -0.143. The molecule has 8 N–H and O–H groups in total. The van der Waals surface area contributed by atoms with Gasteiger partial charge in [-0.15, -0.1) is 0 Å². The number of aromatic nitrogens is 1. The van der Waals surface area contributed by atoms with Crippen LogP contribution in [0, 0.1) is 5.92 Å². The number of aliphatic hydroxyl groups is 1. The van der Waals surface area contributed by atoms with Gasteiger partial charge in [0.25, 0.3) is 0 Å². The number of carbonyl (C=O) groups excluding carboxylic acids is 3. The van der Waals surface area contributed by atoms with Crippen LogP contribution in [0.1, 0.15) is 19.4 Å². The Morgan fingerprint density at radius 2 is 1.65 bits per heavy atom.